The molecular formula is C8H8F2O2S. The van der Waals surface area contributed by atoms with Gasteiger partial charge in [-0.05, 0) is 6.92 Å². The highest BCUT2D eigenvalue weighted by Crippen LogP contribution is 2.37. The molecular weight excluding hydrogens is 198 g/mol. The van der Waals surface area contributed by atoms with Crippen molar-refractivity contribution >= 4 is 11.3 Å². The van der Waals surface area contributed by atoms with Gasteiger partial charge in [0.15, 0.2) is 5.13 Å². The molecule has 13 heavy (non-hydrogen) atoms. The fourth-order valence-corrected chi connectivity index (χ4v) is 2.11. The molecule has 0 N–H and O–H groups in total. The van der Waals surface area contributed by atoms with Crippen molar-refractivity contribution in [3.05, 3.63) is 21.9 Å². The van der Waals surface area contributed by atoms with Gasteiger partial charge in [0.05, 0.1) is 13.2 Å². The van der Waals surface area contributed by atoms with E-state index >= 15 is 0 Å². The zero-order valence-electron chi connectivity index (χ0n) is 6.97. The molecule has 1 aromatic rings. The first-order chi connectivity index (χ1) is 6.12. The second kappa shape index (κ2) is 3.01. The molecule has 1 fully saturated rings. The second-order valence-corrected chi connectivity index (χ2v) is 3.87. The van der Waals surface area contributed by atoms with Crippen molar-refractivity contribution in [2.75, 3.05) is 13.2 Å². The van der Waals surface area contributed by atoms with E-state index in [2.05, 4.69) is 0 Å². The molecule has 2 rings (SSSR count). The number of rotatable bonds is 1. The maximum atomic E-state index is 13.1. The maximum absolute atomic E-state index is 13.1. The van der Waals surface area contributed by atoms with Gasteiger partial charge < -0.3 is 9.47 Å². The zero-order chi connectivity index (χ0) is 9.47. The molecule has 5 heteroatoms. The van der Waals surface area contributed by atoms with Crippen LogP contribution in [0.5, 0.6) is 0 Å². The second-order valence-electron chi connectivity index (χ2n) is 2.87. The van der Waals surface area contributed by atoms with Crippen molar-refractivity contribution in [2.45, 2.75) is 12.7 Å². The summed E-state index contributed by atoms with van der Waals surface area (Å²) in [7, 11) is 0. The molecule has 72 valence electrons. The number of thiophene rings is 1. The van der Waals surface area contributed by atoms with Crippen molar-refractivity contribution in [1.29, 1.82) is 0 Å². The Morgan fingerprint density at radius 3 is 2.46 bits per heavy atom. The number of halogens is 2. The molecule has 1 aliphatic heterocycles. The quantitative estimate of drug-likeness (QED) is 0.701. The predicted octanol–water partition coefficient (Wildman–Crippen LogP) is 2.25. The molecule has 2 heterocycles. The molecule has 0 unspecified atom stereocenters. The summed E-state index contributed by atoms with van der Waals surface area (Å²) in [5.41, 5.74) is 0. The predicted molar refractivity (Wildman–Crippen MR) is 43.5 cm³/mol. The third-order valence-corrected chi connectivity index (χ3v) is 2.99. The summed E-state index contributed by atoms with van der Waals surface area (Å²) >= 11 is 0.719. The highest BCUT2D eigenvalue weighted by Gasteiger charge is 2.37. The van der Waals surface area contributed by atoms with Crippen molar-refractivity contribution in [1.82, 2.24) is 0 Å². The van der Waals surface area contributed by atoms with Gasteiger partial charge >= 0.3 is 0 Å². The lowest BCUT2D eigenvalue weighted by Crippen LogP contribution is -2.21. The van der Waals surface area contributed by atoms with Crippen LogP contribution >= 0.6 is 11.3 Å². The minimum atomic E-state index is -1.10. The molecule has 0 aliphatic carbocycles. The van der Waals surface area contributed by atoms with Crippen LogP contribution in [-0.4, -0.2) is 13.2 Å². The summed E-state index contributed by atoms with van der Waals surface area (Å²) in [6.45, 7) is 2.42. The van der Waals surface area contributed by atoms with Gasteiger partial charge in [-0.15, -0.1) is 11.3 Å². The Balaban J connectivity index is 2.38. The summed E-state index contributed by atoms with van der Waals surface area (Å²) < 4.78 is 36.2. The Labute approximate surface area is 78.1 Å². The first-order valence-electron chi connectivity index (χ1n) is 3.85. The summed E-state index contributed by atoms with van der Waals surface area (Å²) in [4.78, 5) is 0.169. The monoisotopic (exact) mass is 206 g/mol. The molecule has 1 aliphatic rings. The van der Waals surface area contributed by atoms with E-state index in [0.717, 1.165) is 17.4 Å². The Hall–Kier alpha value is -0.520. The molecule has 0 spiro atoms. The van der Waals surface area contributed by atoms with E-state index in [1.54, 1.807) is 6.92 Å². The molecule has 1 aromatic heterocycles. The van der Waals surface area contributed by atoms with Crippen molar-refractivity contribution < 1.29 is 18.3 Å². The molecule has 0 amide bonds. The van der Waals surface area contributed by atoms with E-state index in [4.69, 9.17) is 9.47 Å². The van der Waals surface area contributed by atoms with Gasteiger partial charge in [-0.3, -0.25) is 0 Å². The van der Waals surface area contributed by atoms with Crippen LogP contribution in [-0.2, 0) is 15.3 Å². The lowest BCUT2D eigenvalue weighted by atomic mass is 10.2. The van der Waals surface area contributed by atoms with Gasteiger partial charge in [-0.1, -0.05) is 0 Å². The highest BCUT2D eigenvalue weighted by atomic mass is 32.1. The summed E-state index contributed by atoms with van der Waals surface area (Å²) in [6, 6.07) is 0.844. The SMILES string of the molecule is CC1(c2sc(F)cc2F)OCCO1. The molecule has 0 bridgehead atoms. The first-order valence-corrected chi connectivity index (χ1v) is 4.67. The van der Waals surface area contributed by atoms with Crippen molar-refractivity contribution in [3.8, 4) is 0 Å². The molecule has 0 radical (unpaired) electrons. The van der Waals surface area contributed by atoms with Crippen molar-refractivity contribution in [2.24, 2.45) is 0 Å². The smallest absolute Gasteiger partial charge is 0.204 e. The Morgan fingerprint density at radius 2 is 2.00 bits per heavy atom. The van der Waals surface area contributed by atoms with Gasteiger partial charge in [0.2, 0.25) is 5.79 Å². The fourth-order valence-electron chi connectivity index (χ4n) is 1.30. The van der Waals surface area contributed by atoms with Crippen LogP contribution in [0, 0.1) is 10.9 Å². The van der Waals surface area contributed by atoms with Gasteiger partial charge in [0, 0.05) is 6.07 Å². The minimum absolute atomic E-state index is 0.169. The fraction of sp³-hybridized carbons (Fsp3) is 0.500. The molecule has 1 saturated heterocycles. The normalized spacial score (nSPS) is 20.8. The van der Waals surface area contributed by atoms with E-state index in [1.165, 1.54) is 0 Å². The van der Waals surface area contributed by atoms with Crippen LogP contribution in [0.2, 0.25) is 0 Å². The zero-order valence-corrected chi connectivity index (χ0v) is 7.79. The average molecular weight is 206 g/mol. The van der Waals surface area contributed by atoms with Crippen LogP contribution in [0.3, 0.4) is 0 Å². The van der Waals surface area contributed by atoms with Crippen LogP contribution < -0.4 is 0 Å². The summed E-state index contributed by atoms with van der Waals surface area (Å²) in [5.74, 6) is -1.70. The molecule has 2 nitrogen and oxygen atoms in total. The number of hydrogen-bond acceptors (Lipinski definition) is 3. The average Bonchev–Trinajstić information content (AvgIpc) is 2.59. The standard InChI is InChI=1S/C8H8F2O2S/c1-8(11-2-3-12-8)7-5(9)4-6(10)13-7/h4H,2-3H2,1H3. The minimum Gasteiger partial charge on any atom is -0.343 e. The van der Waals surface area contributed by atoms with Gasteiger partial charge in [0.25, 0.3) is 0 Å². The maximum Gasteiger partial charge on any atom is 0.204 e. The first kappa shape index (κ1) is 9.05. The van der Waals surface area contributed by atoms with Gasteiger partial charge in [-0.25, -0.2) is 4.39 Å². The molecule has 0 aromatic carbocycles. The van der Waals surface area contributed by atoms with Gasteiger partial charge in [-0.2, -0.15) is 4.39 Å². The van der Waals surface area contributed by atoms with Crippen LogP contribution in [0.25, 0.3) is 0 Å². The van der Waals surface area contributed by atoms with Crippen LogP contribution in [0.15, 0.2) is 6.07 Å². The van der Waals surface area contributed by atoms with Crippen LogP contribution in [0.1, 0.15) is 11.8 Å². The largest absolute Gasteiger partial charge is 0.343 e. The third-order valence-electron chi connectivity index (χ3n) is 1.91. The summed E-state index contributed by atoms with van der Waals surface area (Å²) in [5, 5.41) is -0.562. The van der Waals surface area contributed by atoms with E-state index in [-0.39, 0.29) is 4.88 Å². The third kappa shape index (κ3) is 1.47. The topological polar surface area (TPSA) is 18.5 Å². The Bertz CT molecular complexity index is 318. The van der Waals surface area contributed by atoms with Crippen molar-refractivity contribution in [3.63, 3.8) is 0 Å². The molecule has 0 atom stereocenters. The highest BCUT2D eigenvalue weighted by molar-refractivity contribution is 7.10. The lowest BCUT2D eigenvalue weighted by Gasteiger charge is -2.20. The number of hydrogen-bond donors (Lipinski definition) is 0. The lowest BCUT2D eigenvalue weighted by molar-refractivity contribution is -0.148. The molecule has 0 saturated carbocycles. The summed E-state index contributed by atoms with van der Waals surface area (Å²) in [6.07, 6.45) is 0. The van der Waals surface area contributed by atoms with Crippen LogP contribution in [0.4, 0.5) is 8.78 Å². The Morgan fingerprint density at radius 1 is 1.38 bits per heavy atom. The van der Waals surface area contributed by atoms with E-state index in [1.807, 2.05) is 0 Å². The number of ether oxygens (including phenoxy) is 2. The van der Waals surface area contributed by atoms with E-state index in [9.17, 15) is 8.78 Å². The van der Waals surface area contributed by atoms with Gasteiger partial charge in [0.1, 0.15) is 10.7 Å². The van der Waals surface area contributed by atoms with E-state index < -0.39 is 16.7 Å². The Kier molecular flexibility index (Phi) is 2.09. The van der Waals surface area contributed by atoms with E-state index in [0.29, 0.717) is 13.2 Å².